The van der Waals surface area contributed by atoms with Gasteiger partial charge in [0.25, 0.3) is 0 Å². The second-order valence-corrected chi connectivity index (χ2v) is 4.62. The van der Waals surface area contributed by atoms with Gasteiger partial charge in [0.1, 0.15) is 11.4 Å². The standard InChI is InChI=1S/C14H24N2O2/c1-6-15-13(14(3,4)18-7-2)12-11(17-5)9-8-10-16-12/h8-10,13,15H,6-7H2,1-5H3. The smallest absolute Gasteiger partial charge is 0.142 e. The molecule has 0 amide bonds. The molecule has 0 radical (unpaired) electrons. The van der Waals surface area contributed by atoms with Gasteiger partial charge in [-0.15, -0.1) is 0 Å². The van der Waals surface area contributed by atoms with E-state index in [0.717, 1.165) is 18.0 Å². The van der Waals surface area contributed by atoms with E-state index in [1.54, 1.807) is 13.3 Å². The molecule has 0 spiro atoms. The van der Waals surface area contributed by atoms with Gasteiger partial charge in [0.15, 0.2) is 0 Å². The van der Waals surface area contributed by atoms with Crippen molar-refractivity contribution in [3.8, 4) is 5.75 Å². The molecule has 1 aromatic heterocycles. The van der Waals surface area contributed by atoms with E-state index >= 15 is 0 Å². The summed E-state index contributed by atoms with van der Waals surface area (Å²) in [7, 11) is 1.66. The quantitative estimate of drug-likeness (QED) is 0.810. The van der Waals surface area contributed by atoms with Gasteiger partial charge in [-0.1, -0.05) is 6.92 Å². The lowest BCUT2D eigenvalue weighted by Crippen LogP contribution is -2.42. The first kappa shape index (κ1) is 14.9. The molecule has 18 heavy (non-hydrogen) atoms. The van der Waals surface area contributed by atoms with Crippen LogP contribution in [0.3, 0.4) is 0 Å². The van der Waals surface area contributed by atoms with Crippen molar-refractivity contribution in [3.05, 3.63) is 24.0 Å². The third kappa shape index (κ3) is 3.43. The zero-order valence-corrected chi connectivity index (χ0v) is 12.0. The van der Waals surface area contributed by atoms with Crippen LogP contribution in [0.25, 0.3) is 0 Å². The minimum Gasteiger partial charge on any atom is -0.495 e. The Hall–Kier alpha value is -1.13. The molecule has 0 aliphatic heterocycles. The number of pyridine rings is 1. The van der Waals surface area contributed by atoms with E-state index < -0.39 is 0 Å². The Balaban J connectivity index is 3.11. The molecule has 4 heteroatoms. The average Bonchev–Trinajstić information content (AvgIpc) is 2.35. The summed E-state index contributed by atoms with van der Waals surface area (Å²) < 4.78 is 11.2. The van der Waals surface area contributed by atoms with E-state index in [2.05, 4.69) is 31.1 Å². The number of hydrogen-bond acceptors (Lipinski definition) is 4. The third-order valence-electron chi connectivity index (χ3n) is 2.91. The molecule has 0 aliphatic carbocycles. The zero-order valence-electron chi connectivity index (χ0n) is 12.0. The summed E-state index contributed by atoms with van der Waals surface area (Å²) in [5, 5.41) is 3.43. The first-order valence-corrected chi connectivity index (χ1v) is 6.43. The first-order valence-electron chi connectivity index (χ1n) is 6.43. The van der Waals surface area contributed by atoms with Crippen LogP contribution >= 0.6 is 0 Å². The van der Waals surface area contributed by atoms with Crippen molar-refractivity contribution < 1.29 is 9.47 Å². The highest BCUT2D eigenvalue weighted by Gasteiger charge is 2.33. The molecule has 0 fully saturated rings. The average molecular weight is 252 g/mol. The molecule has 1 N–H and O–H groups in total. The number of rotatable bonds is 7. The normalized spacial score (nSPS) is 13.4. The summed E-state index contributed by atoms with van der Waals surface area (Å²) in [6, 6.07) is 3.80. The summed E-state index contributed by atoms with van der Waals surface area (Å²) in [5.74, 6) is 0.788. The van der Waals surface area contributed by atoms with Gasteiger partial charge < -0.3 is 14.8 Å². The number of nitrogens with one attached hydrogen (secondary N) is 1. The lowest BCUT2D eigenvalue weighted by Gasteiger charge is -2.34. The molecule has 1 atom stereocenters. The lowest BCUT2D eigenvalue weighted by molar-refractivity contribution is -0.0403. The van der Waals surface area contributed by atoms with Gasteiger partial charge in [0.2, 0.25) is 0 Å². The summed E-state index contributed by atoms with van der Waals surface area (Å²) in [4.78, 5) is 4.45. The Bertz CT molecular complexity index is 367. The Kier molecular flexibility index (Phi) is 5.56. The van der Waals surface area contributed by atoms with Crippen molar-refractivity contribution in [1.29, 1.82) is 0 Å². The minimum absolute atomic E-state index is 0.00130. The largest absolute Gasteiger partial charge is 0.495 e. The SMILES string of the molecule is CCNC(c1ncccc1OC)C(C)(C)OCC. The number of methoxy groups -OCH3 is 1. The Labute approximate surface area is 110 Å². The number of likely N-dealkylation sites (N-methyl/N-ethyl adjacent to an activating group) is 1. The molecule has 0 saturated heterocycles. The van der Waals surface area contributed by atoms with Crippen LogP contribution < -0.4 is 10.1 Å². The van der Waals surface area contributed by atoms with Crippen molar-refractivity contribution in [1.82, 2.24) is 10.3 Å². The molecule has 4 nitrogen and oxygen atoms in total. The van der Waals surface area contributed by atoms with E-state index in [9.17, 15) is 0 Å². The van der Waals surface area contributed by atoms with Crippen LogP contribution in [0.15, 0.2) is 18.3 Å². The number of aromatic nitrogens is 1. The maximum Gasteiger partial charge on any atom is 0.142 e. The van der Waals surface area contributed by atoms with Crippen LogP contribution in [-0.4, -0.2) is 30.8 Å². The predicted octanol–water partition coefficient (Wildman–Crippen LogP) is 2.56. The van der Waals surface area contributed by atoms with Gasteiger partial charge in [0, 0.05) is 12.8 Å². The van der Waals surface area contributed by atoms with Crippen molar-refractivity contribution >= 4 is 0 Å². The monoisotopic (exact) mass is 252 g/mol. The predicted molar refractivity (Wildman–Crippen MR) is 72.9 cm³/mol. The summed E-state index contributed by atoms with van der Waals surface area (Å²) >= 11 is 0. The van der Waals surface area contributed by atoms with Gasteiger partial charge in [-0.25, -0.2) is 0 Å². The highest BCUT2D eigenvalue weighted by Crippen LogP contribution is 2.32. The molecule has 1 heterocycles. The van der Waals surface area contributed by atoms with E-state index in [-0.39, 0.29) is 11.6 Å². The molecule has 0 aromatic carbocycles. The van der Waals surface area contributed by atoms with E-state index in [4.69, 9.17) is 9.47 Å². The van der Waals surface area contributed by atoms with Gasteiger partial charge in [-0.2, -0.15) is 0 Å². The fourth-order valence-corrected chi connectivity index (χ4v) is 2.12. The third-order valence-corrected chi connectivity index (χ3v) is 2.91. The second kappa shape index (κ2) is 6.71. The van der Waals surface area contributed by atoms with Crippen LogP contribution in [0.2, 0.25) is 0 Å². The van der Waals surface area contributed by atoms with E-state index in [0.29, 0.717) is 6.61 Å². The fraction of sp³-hybridized carbons (Fsp3) is 0.643. The van der Waals surface area contributed by atoms with Crippen molar-refractivity contribution in [2.75, 3.05) is 20.3 Å². The fourth-order valence-electron chi connectivity index (χ4n) is 2.12. The Morgan fingerprint density at radius 2 is 2.11 bits per heavy atom. The first-order chi connectivity index (χ1) is 8.56. The molecule has 0 saturated carbocycles. The molecule has 1 aromatic rings. The van der Waals surface area contributed by atoms with E-state index in [1.807, 2.05) is 19.1 Å². The van der Waals surface area contributed by atoms with E-state index in [1.165, 1.54) is 0 Å². The van der Waals surface area contributed by atoms with Gasteiger partial charge >= 0.3 is 0 Å². The van der Waals surface area contributed by atoms with Crippen LogP contribution in [0.1, 0.15) is 39.4 Å². The van der Waals surface area contributed by atoms with Crippen molar-refractivity contribution in [2.24, 2.45) is 0 Å². The maximum atomic E-state index is 5.84. The number of ether oxygens (including phenoxy) is 2. The van der Waals surface area contributed by atoms with Crippen LogP contribution in [0, 0.1) is 0 Å². The number of hydrogen-bond donors (Lipinski definition) is 1. The Morgan fingerprint density at radius 3 is 2.67 bits per heavy atom. The number of nitrogens with zero attached hydrogens (tertiary/aromatic N) is 1. The second-order valence-electron chi connectivity index (χ2n) is 4.62. The molecule has 102 valence electrons. The van der Waals surface area contributed by atoms with Crippen LogP contribution in [0.4, 0.5) is 0 Å². The molecule has 1 rings (SSSR count). The zero-order chi connectivity index (χ0) is 13.6. The van der Waals surface area contributed by atoms with Gasteiger partial charge in [-0.05, 0) is 39.4 Å². The summed E-state index contributed by atoms with van der Waals surface area (Å²) in [6.07, 6.45) is 1.78. The Morgan fingerprint density at radius 1 is 1.39 bits per heavy atom. The molecule has 0 bridgehead atoms. The highest BCUT2D eigenvalue weighted by molar-refractivity contribution is 5.31. The molecule has 0 aliphatic rings. The molecular formula is C14H24N2O2. The van der Waals surface area contributed by atoms with Gasteiger partial charge in [-0.3, -0.25) is 4.98 Å². The van der Waals surface area contributed by atoms with Crippen molar-refractivity contribution in [2.45, 2.75) is 39.3 Å². The highest BCUT2D eigenvalue weighted by atomic mass is 16.5. The minimum atomic E-state index is -0.341. The topological polar surface area (TPSA) is 43.4 Å². The maximum absolute atomic E-state index is 5.84. The summed E-state index contributed by atoms with van der Waals surface area (Å²) in [5.41, 5.74) is 0.548. The van der Waals surface area contributed by atoms with Crippen LogP contribution in [-0.2, 0) is 4.74 Å². The van der Waals surface area contributed by atoms with Crippen molar-refractivity contribution in [3.63, 3.8) is 0 Å². The van der Waals surface area contributed by atoms with Crippen LogP contribution in [0.5, 0.6) is 5.75 Å². The molecular weight excluding hydrogens is 228 g/mol. The summed E-state index contributed by atoms with van der Waals surface area (Å²) in [6.45, 7) is 9.73. The van der Waals surface area contributed by atoms with Gasteiger partial charge in [0.05, 0.1) is 18.8 Å². The lowest BCUT2D eigenvalue weighted by atomic mass is 9.94. The molecule has 1 unspecified atom stereocenters.